The number of rotatable bonds is 5. The summed E-state index contributed by atoms with van der Waals surface area (Å²) in [6, 6.07) is 1.95. The SMILES string of the molecule is Cn1cc(C(N)C(=O)NCc2cc(C(=O)O)ccn2)cn1. The maximum absolute atomic E-state index is 11.9. The summed E-state index contributed by atoms with van der Waals surface area (Å²) < 4.78 is 1.56. The highest BCUT2D eigenvalue weighted by atomic mass is 16.4. The Morgan fingerprint density at radius 3 is 2.90 bits per heavy atom. The van der Waals surface area contributed by atoms with Crippen LogP contribution in [0.3, 0.4) is 0 Å². The first-order chi connectivity index (χ1) is 9.97. The van der Waals surface area contributed by atoms with Crippen LogP contribution in [-0.2, 0) is 18.4 Å². The topological polar surface area (TPSA) is 123 Å². The molecule has 0 aliphatic rings. The van der Waals surface area contributed by atoms with E-state index in [0.29, 0.717) is 11.3 Å². The van der Waals surface area contributed by atoms with Gasteiger partial charge in [0.05, 0.1) is 24.0 Å². The summed E-state index contributed by atoms with van der Waals surface area (Å²) in [5.74, 6) is -1.43. The molecule has 0 saturated carbocycles. The second-order valence-electron chi connectivity index (χ2n) is 4.48. The second kappa shape index (κ2) is 6.14. The molecule has 1 atom stereocenters. The number of aromatic carboxylic acids is 1. The predicted molar refractivity (Wildman–Crippen MR) is 73.2 cm³/mol. The minimum atomic E-state index is -1.04. The van der Waals surface area contributed by atoms with E-state index in [1.807, 2.05) is 0 Å². The van der Waals surface area contributed by atoms with Crippen molar-refractivity contribution < 1.29 is 14.7 Å². The van der Waals surface area contributed by atoms with Crippen LogP contribution in [0, 0.1) is 0 Å². The standard InChI is InChI=1S/C13H15N5O3/c1-18-7-9(5-17-18)11(14)12(19)16-6-10-4-8(13(20)21)2-3-15-10/h2-5,7,11H,6,14H2,1H3,(H,16,19)(H,20,21). The zero-order valence-electron chi connectivity index (χ0n) is 11.4. The molecule has 1 amide bonds. The van der Waals surface area contributed by atoms with Gasteiger partial charge < -0.3 is 16.2 Å². The van der Waals surface area contributed by atoms with Crippen LogP contribution in [0.25, 0.3) is 0 Å². The lowest BCUT2D eigenvalue weighted by molar-refractivity contribution is -0.122. The third-order valence-corrected chi connectivity index (χ3v) is 2.87. The number of carboxylic acid groups (broad SMARTS) is 1. The molecule has 2 aromatic rings. The Bertz CT molecular complexity index is 667. The van der Waals surface area contributed by atoms with E-state index >= 15 is 0 Å². The fourth-order valence-electron chi connectivity index (χ4n) is 1.75. The first-order valence-corrected chi connectivity index (χ1v) is 6.17. The number of amides is 1. The molecule has 110 valence electrons. The maximum Gasteiger partial charge on any atom is 0.335 e. The Hall–Kier alpha value is -2.74. The number of carbonyl (C=O) groups is 2. The van der Waals surface area contributed by atoms with Gasteiger partial charge in [-0.3, -0.25) is 14.5 Å². The van der Waals surface area contributed by atoms with Crippen molar-refractivity contribution in [3.63, 3.8) is 0 Å². The summed E-state index contributed by atoms with van der Waals surface area (Å²) in [7, 11) is 1.73. The van der Waals surface area contributed by atoms with Gasteiger partial charge in [0.2, 0.25) is 5.91 Å². The third-order valence-electron chi connectivity index (χ3n) is 2.87. The molecule has 2 aromatic heterocycles. The number of pyridine rings is 1. The van der Waals surface area contributed by atoms with Gasteiger partial charge in [0.25, 0.3) is 0 Å². The predicted octanol–water partition coefficient (Wildman–Crippen LogP) is -0.170. The summed E-state index contributed by atoms with van der Waals surface area (Å²) in [6.07, 6.45) is 4.56. The van der Waals surface area contributed by atoms with Crippen LogP contribution in [0.5, 0.6) is 0 Å². The van der Waals surface area contributed by atoms with Gasteiger partial charge in [-0.25, -0.2) is 4.79 Å². The van der Waals surface area contributed by atoms with E-state index in [9.17, 15) is 9.59 Å². The molecule has 0 bridgehead atoms. The van der Waals surface area contributed by atoms with Gasteiger partial charge in [0, 0.05) is 25.0 Å². The lowest BCUT2D eigenvalue weighted by Gasteiger charge is -2.10. The molecule has 21 heavy (non-hydrogen) atoms. The molecule has 4 N–H and O–H groups in total. The number of carbonyl (C=O) groups excluding carboxylic acids is 1. The van der Waals surface area contributed by atoms with Crippen molar-refractivity contribution in [1.29, 1.82) is 0 Å². The fraction of sp³-hybridized carbons (Fsp3) is 0.231. The number of aromatic nitrogens is 3. The second-order valence-corrected chi connectivity index (χ2v) is 4.48. The summed E-state index contributed by atoms with van der Waals surface area (Å²) in [5, 5.41) is 15.4. The lowest BCUT2D eigenvalue weighted by atomic mass is 10.1. The first kappa shape index (κ1) is 14.7. The van der Waals surface area contributed by atoms with E-state index in [-0.39, 0.29) is 18.0 Å². The third kappa shape index (κ3) is 3.63. The fourth-order valence-corrected chi connectivity index (χ4v) is 1.75. The molecule has 1 unspecified atom stereocenters. The number of aryl methyl sites for hydroxylation is 1. The molecule has 8 nitrogen and oxygen atoms in total. The molecule has 0 radical (unpaired) electrons. The molecule has 0 aliphatic heterocycles. The highest BCUT2D eigenvalue weighted by molar-refractivity contribution is 5.87. The van der Waals surface area contributed by atoms with Crippen molar-refractivity contribution >= 4 is 11.9 Å². The summed E-state index contributed by atoms with van der Waals surface area (Å²) >= 11 is 0. The van der Waals surface area contributed by atoms with E-state index in [1.54, 1.807) is 17.9 Å². The Labute approximate surface area is 120 Å². The maximum atomic E-state index is 11.9. The van der Waals surface area contributed by atoms with Gasteiger partial charge in [-0.1, -0.05) is 0 Å². The lowest BCUT2D eigenvalue weighted by Crippen LogP contribution is -2.33. The Balaban J connectivity index is 1.97. The van der Waals surface area contributed by atoms with E-state index in [1.165, 1.54) is 24.5 Å². The molecule has 2 heterocycles. The Kier molecular flexibility index (Phi) is 4.29. The zero-order valence-corrected chi connectivity index (χ0v) is 11.4. The van der Waals surface area contributed by atoms with Gasteiger partial charge in [-0.2, -0.15) is 5.10 Å². The number of hydrogen-bond donors (Lipinski definition) is 3. The smallest absolute Gasteiger partial charge is 0.335 e. The minimum absolute atomic E-state index is 0.105. The van der Waals surface area contributed by atoms with Crippen molar-refractivity contribution in [2.24, 2.45) is 12.8 Å². The van der Waals surface area contributed by atoms with Crippen LogP contribution in [0.2, 0.25) is 0 Å². The van der Waals surface area contributed by atoms with Crippen LogP contribution >= 0.6 is 0 Å². The summed E-state index contributed by atoms with van der Waals surface area (Å²) in [5.41, 5.74) is 6.98. The minimum Gasteiger partial charge on any atom is -0.478 e. The van der Waals surface area contributed by atoms with Crippen LogP contribution in [-0.4, -0.2) is 31.7 Å². The number of nitrogens with one attached hydrogen (secondary N) is 1. The molecule has 0 aromatic carbocycles. The Morgan fingerprint density at radius 2 is 2.29 bits per heavy atom. The van der Waals surface area contributed by atoms with Gasteiger partial charge in [0.1, 0.15) is 6.04 Å². The van der Waals surface area contributed by atoms with E-state index in [4.69, 9.17) is 10.8 Å². The molecule has 0 spiro atoms. The van der Waals surface area contributed by atoms with Crippen LogP contribution in [0.4, 0.5) is 0 Å². The monoisotopic (exact) mass is 289 g/mol. The van der Waals surface area contributed by atoms with Crippen molar-refractivity contribution in [3.8, 4) is 0 Å². The van der Waals surface area contributed by atoms with Crippen molar-refractivity contribution in [2.45, 2.75) is 12.6 Å². The molecular weight excluding hydrogens is 274 g/mol. The molecule has 0 aliphatic carbocycles. The van der Waals surface area contributed by atoms with Gasteiger partial charge in [0.15, 0.2) is 0 Å². The quantitative estimate of drug-likeness (QED) is 0.702. The highest BCUT2D eigenvalue weighted by Gasteiger charge is 2.17. The van der Waals surface area contributed by atoms with Crippen LogP contribution in [0.1, 0.15) is 27.7 Å². The number of nitrogens with two attached hydrogens (primary N) is 1. The molecule has 0 saturated heterocycles. The number of hydrogen-bond acceptors (Lipinski definition) is 5. The zero-order chi connectivity index (χ0) is 15.4. The average molecular weight is 289 g/mol. The molecule has 2 rings (SSSR count). The van der Waals surface area contributed by atoms with E-state index < -0.39 is 12.0 Å². The largest absolute Gasteiger partial charge is 0.478 e. The van der Waals surface area contributed by atoms with Gasteiger partial charge in [-0.05, 0) is 12.1 Å². The first-order valence-electron chi connectivity index (χ1n) is 6.17. The van der Waals surface area contributed by atoms with Gasteiger partial charge >= 0.3 is 5.97 Å². The highest BCUT2D eigenvalue weighted by Crippen LogP contribution is 2.09. The van der Waals surface area contributed by atoms with Crippen molar-refractivity contribution in [3.05, 3.63) is 47.5 Å². The summed E-state index contributed by atoms with van der Waals surface area (Å²) in [4.78, 5) is 26.8. The van der Waals surface area contributed by atoms with Crippen molar-refractivity contribution in [1.82, 2.24) is 20.1 Å². The normalized spacial score (nSPS) is 11.9. The van der Waals surface area contributed by atoms with E-state index in [2.05, 4.69) is 15.4 Å². The van der Waals surface area contributed by atoms with E-state index in [0.717, 1.165) is 0 Å². The van der Waals surface area contributed by atoms with Gasteiger partial charge in [-0.15, -0.1) is 0 Å². The number of nitrogens with zero attached hydrogens (tertiary/aromatic N) is 3. The van der Waals surface area contributed by atoms with Crippen LogP contribution in [0.15, 0.2) is 30.7 Å². The molecule has 8 heteroatoms. The number of carboxylic acids is 1. The molecular formula is C13H15N5O3. The average Bonchev–Trinajstić information content (AvgIpc) is 2.90. The van der Waals surface area contributed by atoms with Crippen LogP contribution < -0.4 is 11.1 Å². The molecule has 0 fully saturated rings. The van der Waals surface area contributed by atoms with Crippen molar-refractivity contribution in [2.75, 3.05) is 0 Å². The summed E-state index contributed by atoms with van der Waals surface area (Å²) in [6.45, 7) is 0.105. The Morgan fingerprint density at radius 1 is 1.52 bits per heavy atom.